The summed E-state index contributed by atoms with van der Waals surface area (Å²) in [7, 11) is 1.73. The second-order valence-electron chi connectivity index (χ2n) is 8.36. The molecule has 1 saturated carbocycles. The molecule has 0 unspecified atom stereocenters. The van der Waals surface area contributed by atoms with Crippen molar-refractivity contribution in [2.24, 2.45) is 4.99 Å². The fourth-order valence-corrected chi connectivity index (χ4v) is 5.45. The van der Waals surface area contributed by atoms with Crippen LogP contribution < -0.4 is 10.1 Å². The zero-order valence-corrected chi connectivity index (χ0v) is 18.2. The van der Waals surface area contributed by atoms with E-state index in [1.165, 1.54) is 0 Å². The molecule has 2 fully saturated rings. The second-order valence-corrected chi connectivity index (χ2v) is 9.24. The van der Waals surface area contributed by atoms with Gasteiger partial charge in [-0.2, -0.15) is 5.21 Å². The Kier molecular flexibility index (Phi) is 4.43. The van der Waals surface area contributed by atoms with Gasteiger partial charge in [0.15, 0.2) is 5.82 Å². The van der Waals surface area contributed by atoms with E-state index < -0.39 is 0 Å². The number of anilines is 2. The Balaban J connectivity index is 1.24. The first-order valence-corrected chi connectivity index (χ1v) is 11.5. The first-order valence-electron chi connectivity index (χ1n) is 10.6. The van der Waals surface area contributed by atoms with E-state index >= 15 is 0 Å². The van der Waals surface area contributed by atoms with E-state index in [1.807, 2.05) is 12.1 Å². The molecule has 9 nitrogen and oxygen atoms in total. The van der Waals surface area contributed by atoms with Crippen LogP contribution in [0.15, 0.2) is 34.6 Å². The van der Waals surface area contributed by atoms with Crippen molar-refractivity contribution in [3.05, 3.63) is 41.0 Å². The van der Waals surface area contributed by atoms with Gasteiger partial charge in [0.25, 0.3) is 0 Å². The van der Waals surface area contributed by atoms with E-state index in [0.717, 1.165) is 84.9 Å². The summed E-state index contributed by atoms with van der Waals surface area (Å²) in [6.45, 7) is 4.79. The number of fused-ring (bicyclic) bond motifs is 2. The number of nitrogens with one attached hydrogen (secondary N) is 2. The van der Waals surface area contributed by atoms with Crippen LogP contribution >= 0.6 is 11.3 Å². The zero-order chi connectivity index (χ0) is 20.8. The molecular weight excluding hydrogens is 412 g/mol. The van der Waals surface area contributed by atoms with Crippen molar-refractivity contribution in [1.29, 1.82) is 0 Å². The predicted molar refractivity (Wildman–Crippen MR) is 120 cm³/mol. The molecule has 0 spiro atoms. The second kappa shape index (κ2) is 7.31. The zero-order valence-electron chi connectivity index (χ0n) is 17.3. The topological polar surface area (TPSA) is 94.6 Å². The van der Waals surface area contributed by atoms with Crippen molar-refractivity contribution < 1.29 is 4.74 Å². The van der Waals surface area contributed by atoms with Crippen molar-refractivity contribution in [3.63, 3.8) is 0 Å². The molecule has 2 N–H and O–H groups in total. The smallest absolute Gasteiger partial charge is 0.181 e. The van der Waals surface area contributed by atoms with Gasteiger partial charge in [-0.1, -0.05) is 17.3 Å². The lowest BCUT2D eigenvalue weighted by Gasteiger charge is -2.37. The molecule has 0 atom stereocenters. The van der Waals surface area contributed by atoms with E-state index in [1.54, 1.807) is 18.4 Å². The van der Waals surface area contributed by atoms with E-state index in [0.29, 0.717) is 0 Å². The Morgan fingerprint density at radius 3 is 2.74 bits per heavy atom. The van der Waals surface area contributed by atoms with Crippen LogP contribution in [0.1, 0.15) is 24.2 Å². The lowest BCUT2D eigenvalue weighted by atomic mass is 10.1. The Labute approximate surface area is 184 Å². The molecular formula is C21H24N8OS. The van der Waals surface area contributed by atoms with Crippen molar-refractivity contribution in [2.45, 2.75) is 18.3 Å². The van der Waals surface area contributed by atoms with Crippen molar-refractivity contribution >= 4 is 33.5 Å². The molecule has 6 rings (SSSR count). The number of hydrogen-bond donors (Lipinski definition) is 2. The molecule has 1 saturated heterocycles. The average molecular weight is 437 g/mol. The highest BCUT2D eigenvalue weighted by Crippen LogP contribution is 2.47. The molecule has 1 aromatic carbocycles. The number of amidine groups is 1. The standard InChI is InChI=1S/C21H24N8OS/c1-30-16-12-31-19-17(16)18(22-14-4-2-3-5-15(14)23-19)29-10-8-28(9-11-29)13-21(6-7-21)20-24-26-27-25-20/h2-5,12,23H,6-11,13H2,1H3,(H,24,25,26,27). The normalized spacial score (nSPS) is 19.6. The fraction of sp³-hybridized carbons (Fsp3) is 0.429. The minimum absolute atomic E-state index is 0.0849. The summed E-state index contributed by atoms with van der Waals surface area (Å²) in [4.78, 5) is 10.0. The van der Waals surface area contributed by atoms with E-state index in [2.05, 4.69) is 53.3 Å². The number of hydrogen-bond acceptors (Lipinski definition) is 9. The van der Waals surface area contributed by atoms with Crippen LogP contribution in [0.25, 0.3) is 0 Å². The van der Waals surface area contributed by atoms with E-state index in [9.17, 15) is 0 Å². The molecule has 3 aromatic rings. The number of H-pyrrole nitrogens is 1. The maximum atomic E-state index is 5.69. The first kappa shape index (κ1) is 18.8. The SMILES string of the molecule is COc1csc2c1C(N1CCN(CC3(c4nn[nH]n4)CC3)CC1)=Nc1ccccc1N2. The lowest BCUT2D eigenvalue weighted by molar-refractivity contribution is 0.167. The number of thiophene rings is 1. The lowest BCUT2D eigenvalue weighted by Crippen LogP contribution is -2.50. The highest BCUT2D eigenvalue weighted by molar-refractivity contribution is 7.15. The maximum absolute atomic E-state index is 5.69. The van der Waals surface area contributed by atoms with Gasteiger partial charge in [0.05, 0.1) is 24.0 Å². The maximum Gasteiger partial charge on any atom is 0.181 e. The van der Waals surface area contributed by atoms with Gasteiger partial charge in [0, 0.05) is 43.5 Å². The molecule has 2 aromatic heterocycles. The summed E-state index contributed by atoms with van der Waals surface area (Å²) in [5.74, 6) is 2.72. The largest absolute Gasteiger partial charge is 0.495 e. The molecule has 0 bridgehead atoms. The van der Waals surface area contributed by atoms with Crippen LogP contribution in [-0.2, 0) is 5.41 Å². The Morgan fingerprint density at radius 1 is 1.16 bits per heavy atom. The third kappa shape index (κ3) is 3.26. The van der Waals surface area contributed by atoms with E-state index in [4.69, 9.17) is 9.73 Å². The molecule has 3 aliphatic rings. The Bertz CT molecular complexity index is 1110. The first-order chi connectivity index (χ1) is 15.3. The summed E-state index contributed by atoms with van der Waals surface area (Å²) in [6.07, 6.45) is 2.27. The van der Waals surface area contributed by atoms with Gasteiger partial charge in [0.2, 0.25) is 0 Å². The number of methoxy groups -OCH3 is 1. The summed E-state index contributed by atoms with van der Waals surface area (Å²) in [6, 6.07) is 8.20. The van der Waals surface area contributed by atoms with Crippen molar-refractivity contribution in [1.82, 2.24) is 30.4 Å². The third-order valence-corrected chi connectivity index (χ3v) is 7.32. The number of para-hydroxylation sites is 2. The number of tetrazole rings is 1. The van der Waals surface area contributed by atoms with Gasteiger partial charge in [-0.05, 0) is 25.0 Å². The molecule has 2 aliphatic heterocycles. The van der Waals surface area contributed by atoms with Gasteiger partial charge >= 0.3 is 0 Å². The number of piperazine rings is 1. The summed E-state index contributed by atoms with van der Waals surface area (Å²) in [5.41, 5.74) is 3.13. The van der Waals surface area contributed by atoms with Crippen LogP contribution in [-0.4, -0.2) is 76.1 Å². The molecule has 31 heavy (non-hydrogen) atoms. The van der Waals surface area contributed by atoms with Crippen molar-refractivity contribution in [3.8, 4) is 5.75 Å². The van der Waals surface area contributed by atoms with Crippen LogP contribution in [0, 0.1) is 0 Å². The number of rotatable bonds is 4. The summed E-state index contributed by atoms with van der Waals surface area (Å²) >= 11 is 1.66. The van der Waals surface area contributed by atoms with Crippen LogP contribution in [0.5, 0.6) is 5.75 Å². The van der Waals surface area contributed by atoms with Gasteiger partial charge in [-0.25, -0.2) is 4.99 Å². The Morgan fingerprint density at radius 2 is 2.00 bits per heavy atom. The minimum atomic E-state index is 0.0849. The summed E-state index contributed by atoms with van der Waals surface area (Å²) in [5, 5.41) is 21.6. The predicted octanol–water partition coefficient (Wildman–Crippen LogP) is 2.75. The monoisotopic (exact) mass is 436 g/mol. The summed E-state index contributed by atoms with van der Waals surface area (Å²) < 4.78 is 5.69. The average Bonchev–Trinajstić information content (AvgIpc) is 3.21. The highest BCUT2D eigenvalue weighted by atomic mass is 32.1. The molecule has 0 radical (unpaired) electrons. The van der Waals surface area contributed by atoms with Crippen molar-refractivity contribution in [2.75, 3.05) is 45.2 Å². The molecule has 4 heterocycles. The Hall–Kier alpha value is -2.98. The minimum Gasteiger partial charge on any atom is -0.495 e. The molecule has 10 heteroatoms. The molecule has 0 amide bonds. The quantitative estimate of drug-likeness (QED) is 0.649. The fourth-order valence-electron chi connectivity index (χ4n) is 4.53. The van der Waals surface area contributed by atoms with Crippen LogP contribution in [0.4, 0.5) is 16.4 Å². The number of aromatic nitrogens is 4. The number of ether oxygens (including phenoxy) is 1. The van der Waals surface area contributed by atoms with Gasteiger partial charge < -0.3 is 15.0 Å². The number of benzene rings is 1. The third-order valence-electron chi connectivity index (χ3n) is 6.45. The van der Waals surface area contributed by atoms with E-state index in [-0.39, 0.29) is 5.41 Å². The number of aliphatic imine (C=N–C) groups is 1. The van der Waals surface area contributed by atoms with Gasteiger partial charge in [-0.3, -0.25) is 4.90 Å². The van der Waals surface area contributed by atoms with Crippen LogP contribution in [0.3, 0.4) is 0 Å². The number of aromatic amines is 1. The molecule has 1 aliphatic carbocycles. The molecule has 160 valence electrons. The number of nitrogens with zero attached hydrogens (tertiary/aromatic N) is 6. The van der Waals surface area contributed by atoms with Gasteiger partial charge in [-0.15, -0.1) is 21.5 Å². The van der Waals surface area contributed by atoms with Gasteiger partial charge in [0.1, 0.15) is 16.6 Å². The van der Waals surface area contributed by atoms with Crippen LogP contribution in [0.2, 0.25) is 0 Å². The highest BCUT2D eigenvalue weighted by Gasteiger charge is 2.49.